The SMILES string of the molecule is c1ccc(-c2nc(-c3ccccc3)nc(-c3cc(-n4c5ccccc5c5ccc(-c6cccc7c6oc6ccccc67)cc54)cc4c5ccccc5c5ccccc5c34)n2)cc1. The van der Waals surface area contributed by atoms with Crippen LogP contribution in [0, 0.1) is 0 Å². The Morgan fingerprint density at radius 2 is 0.871 bits per heavy atom. The molecule has 0 saturated heterocycles. The zero-order valence-electron chi connectivity index (χ0n) is 33.3. The summed E-state index contributed by atoms with van der Waals surface area (Å²) >= 11 is 0. The normalized spacial score (nSPS) is 11.9. The van der Waals surface area contributed by atoms with Crippen molar-refractivity contribution in [1.82, 2.24) is 19.5 Å². The van der Waals surface area contributed by atoms with Crippen molar-refractivity contribution in [3.05, 3.63) is 206 Å². The molecule has 0 radical (unpaired) electrons. The predicted octanol–water partition coefficient (Wildman–Crippen LogP) is 15.0. The van der Waals surface area contributed by atoms with Crippen LogP contribution in [0.1, 0.15) is 0 Å². The number of fused-ring (bicyclic) bond motifs is 12. The molecule has 0 aliphatic rings. The number of hydrogen-bond donors (Lipinski definition) is 0. The molecule has 13 rings (SSSR count). The van der Waals surface area contributed by atoms with Gasteiger partial charge in [-0.3, -0.25) is 0 Å². The van der Waals surface area contributed by atoms with Gasteiger partial charge in [-0.15, -0.1) is 0 Å². The molecule has 0 fully saturated rings. The van der Waals surface area contributed by atoms with E-state index in [9.17, 15) is 0 Å². The fourth-order valence-electron chi connectivity index (χ4n) is 9.64. The van der Waals surface area contributed by atoms with Crippen LogP contribution >= 0.6 is 0 Å². The second-order valence-corrected chi connectivity index (χ2v) is 15.9. The summed E-state index contributed by atoms with van der Waals surface area (Å²) in [7, 11) is 0. The quantitative estimate of drug-likeness (QED) is 0.163. The third kappa shape index (κ3) is 5.25. The van der Waals surface area contributed by atoms with Gasteiger partial charge in [0, 0.05) is 54.9 Å². The van der Waals surface area contributed by atoms with Gasteiger partial charge in [0.1, 0.15) is 11.2 Å². The summed E-state index contributed by atoms with van der Waals surface area (Å²) in [4.78, 5) is 15.8. The Bertz CT molecular complexity index is 3870. The van der Waals surface area contributed by atoms with E-state index in [0.29, 0.717) is 17.5 Å². The number of hydrogen-bond acceptors (Lipinski definition) is 4. The number of nitrogens with zero attached hydrogens (tertiary/aromatic N) is 4. The van der Waals surface area contributed by atoms with Gasteiger partial charge in [0.2, 0.25) is 0 Å². The van der Waals surface area contributed by atoms with Gasteiger partial charge in [-0.2, -0.15) is 0 Å². The second-order valence-electron chi connectivity index (χ2n) is 15.9. The summed E-state index contributed by atoms with van der Waals surface area (Å²) in [6, 6.07) is 72.8. The van der Waals surface area contributed by atoms with E-state index in [1.54, 1.807) is 0 Å². The molecular weight excluding hydrogens is 757 g/mol. The zero-order valence-corrected chi connectivity index (χ0v) is 33.3. The van der Waals surface area contributed by atoms with Gasteiger partial charge in [0.05, 0.1) is 11.0 Å². The van der Waals surface area contributed by atoms with Crippen LogP contribution in [0.25, 0.3) is 127 Å². The lowest BCUT2D eigenvalue weighted by Gasteiger charge is -2.18. The molecule has 3 heterocycles. The van der Waals surface area contributed by atoms with Gasteiger partial charge < -0.3 is 8.98 Å². The van der Waals surface area contributed by atoms with Crippen molar-refractivity contribution in [3.8, 4) is 51.0 Å². The summed E-state index contributed by atoms with van der Waals surface area (Å²) in [6.45, 7) is 0. The number of aromatic nitrogens is 4. The molecule has 0 aliphatic heterocycles. The van der Waals surface area contributed by atoms with E-state index in [-0.39, 0.29) is 0 Å². The summed E-state index contributed by atoms with van der Waals surface area (Å²) in [5.41, 5.74) is 9.93. The largest absolute Gasteiger partial charge is 0.455 e. The first-order valence-electron chi connectivity index (χ1n) is 20.9. The van der Waals surface area contributed by atoms with E-state index in [1.807, 2.05) is 48.5 Å². The van der Waals surface area contributed by atoms with Crippen LogP contribution in [-0.4, -0.2) is 19.5 Å². The van der Waals surface area contributed by atoms with E-state index < -0.39 is 0 Å². The summed E-state index contributed by atoms with van der Waals surface area (Å²) in [6.07, 6.45) is 0. The number of furan rings is 1. The highest BCUT2D eigenvalue weighted by molar-refractivity contribution is 6.29. The van der Waals surface area contributed by atoms with Gasteiger partial charge in [-0.25, -0.2) is 15.0 Å². The van der Waals surface area contributed by atoms with Crippen molar-refractivity contribution in [2.45, 2.75) is 0 Å². The average molecular weight is 791 g/mol. The standard InChI is InChI=1S/C57H34N4O/c1-3-16-35(17-4-1)55-58-56(36-18-5-2-6-19-36)60-57(59-55)49-34-38(33-48-42-22-8-7-20-40(42)41-21-9-10-25-46(41)53(48)49)61-50-28-13-11-23-43(50)44-31-30-37(32-51(44)61)39-26-15-27-47-45-24-12-14-29-52(45)62-54(39)47/h1-34H. The van der Waals surface area contributed by atoms with E-state index >= 15 is 0 Å². The Hall–Kier alpha value is -8.41. The zero-order chi connectivity index (χ0) is 40.7. The van der Waals surface area contributed by atoms with Gasteiger partial charge in [0.25, 0.3) is 0 Å². The Morgan fingerprint density at radius 3 is 1.60 bits per heavy atom. The Balaban J connectivity index is 1.15. The summed E-state index contributed by atoms with van der Waals surface area (Å²) < 4.78 is 8.98. The highest BCUT2D eigenvalue weighted by atomic mass is 16.3. The minimum atomic E-state index is 0.614. The van der Waals surface area contributed by atoms with Crippen LogP contribution in [0.4, 0.5) is 0 Å². The van der Waals surface area contributed by atoms with E-state index in [2.05, 4.69) is 162 Å². The lowest BCUT2D eigenvalue weighted by atomic mass is 9.91. The third-order valence-corrected chi connectivity index (χ3v) is 12.4. The molecule has 62 heavy (non-hydrogen) atoms. The van der Waals surface area contributed by atoms with Crippen molar-refractivity contribution in [1.29, 1.82) is 0 Å². The van der Waals surface area contributed by atoms with Crippen LogP contribution in [0.3, 0.4) is 0 Å². The van der Waals surface area contributed by atoms with Gasteiger partial charge in [-0.1, -0.05) is 176 Å². The molecule has 10 aromatic carbocycles. The third-order valence-electron chi connectivity index (χ3n) is 12.4. The molecule has 0 spiro atoms. The topological polar surface area (TPSA) is 56.7 Å². The Labute approximate surface area is 355 Å². The molecule has 0 aliphatic carbocycles. The fourth-order valence-corrected chi connectivity index (χ4v) is 9.64. The van der Waals surface area contributed by atoms with E-state index in [0.717, 1.165) is 82.6 Å². The molecule has 288 valence electrons. The van der Waals surface area contributed by atoms with Crippen LogP contribution in [-0.2, 0) is 0 Å². The molecule has 13 aromatic rings. The van der Waals surface area contributed by atoms with Crippen molar-refractivity contribution >= 4 is 76.1 Å². The van der Waals surface area contributed by atoms with E-state index in [4.69, 9.17) is 19.4 Å². The van der Waals surface area contributed by atoms with Gasteiger partial charge >= 0.3 is 0 Å². The predicted molar refractivity (Wildman–Crippen MR) is 256 cm³/mol. The van der Waals surface area contributed by atoms with Crippen molar-refractivity contribution < 1.29 is 4.42 Å². The van der Waals surface area contributed by atoms with Gasteiger partial charge in [-0.05, 0) is 62.8 Å². The van der Waals surface area contributed by atoms with Gasteiger partial charge in [0.15, 0.2) is 17.5 Å². The molecule has 3 aromatic heterocycles. The van der Waals surface area contributed by atoms with Crippen molar-refractivity contribution in [2.24, 2.45) is 0 Å². The molecule has 0 atom stereocenters. The van der Waals surface area contributed by atoms with Crippen molar-refractivity contribution in [2.75, 3.05) is 0 Å². The molecule has 0 N–H and O–H groups in total. The summed E-state index contributed by atoms with van der Waals surface area (Å²) in [5, 5.41) is 11.5. The minimum absolute atomic E-state index is 0.614. The highest BCUT2D eigenvalue weighted by Gasteiger charge is 2.22. The molecule has 5 heteroatoms. The molecule has 5 nitrogen and oxygen atoms in total. The first-order chi connectivity index (χ1) is 30.7. The lowest BCUT2D eigenvalue weighted by molar-refractivity contribution is 0.670. The van der Waals surface area contributed by atoms with E-state index in [1.165, 1.54) is 26.9 Å². The second kappa shape index (κ2) is 13.6. The minimum Gasteiger partial charge on any atom is -0.455 e. The number of rotatable bonds is 5. The van der Waals surface area contributed by atoms with Crippen LogP contribution in [0.15, 0.2) is 211 Å². The molecule has 0 amide bonds. The van der Waals surface area contributed by atoms with Crippen LogP contribution in [0.2, 0.25) is 0 Å². The molecule has 0 saturated carbocycles. The lowest BCUT2D eigenvalue weighted by Crippen LogP contribution is -2.02. The maximum Gasteiger partial charge on any atom is 0.164 e. The maximum absolute atomic E-state index is 6.57. The average Bonchev–Trinajstić information content (AvgIpc) is 3.90. The molecular formula is C57H34N4O. The number of para-hydroxylation sites is 3. The summed E-state index contributed by atoms with van der Waals surface area (Å²) in [5.74, 6) is 1.86. The molecule has 0 unspecified atom stereocenters. The monoisotopic (exact) mass is 790 g/mol. The van der Waals surface area contributed by atoms with Crippen molar-refractivity contribution in [3.63, 3.8) is 0 Å². The first-order valence-corrected chi connectivity index (χ1v) is 20.9. The fraction of sp³-hybridized carbons (Fsp3) is 0. The Kier molecular flexibility index (Phi) is 7.54. The Morgan fingerprint density at radius 1 is 0.323 bits per heavy atom. The smallest absolute Gasteiger partial charge is 0.164 e. The molecule has 0 bridgehead atoms. The van der Waals surface area contributed by atoms with Crippen LogP contribution in [0.5, 0.6) is 0 Å². The maximum atomic E-state index is 6.57. The first kappa shape index (κ1) is 34.5. The highest BCUT2D eigenvalue weighted by Crippen LogP contribution is 2.44. The van der Waals surface area contributed by atoms with Crippen LogP contribution < -0.4 is 0 Å². The number of benzene rings is 10.